The first-order chi connectivity index (χ1) is 23.4. The van der Waals surface area contributed by atoms with Crippen molar-refractivity contribution < 1.29 is 45.6 Å². The van der Waals surface area contributed by atoms with Crippen LogP contribution in [0.3, 0.4) is 0 Å². The summed E-state index contributed by atoms with van der Waals surface area (Å²) in [5.41, 5.74) is -3.16. The number of hydrogen-bond donors (Lipinski definition) is 0. The van der Waals surface area contributed by atoms with E-state index in [2.05, 4.69) is 39.0 Å². The molecule has 1 aromatic carbocycles. The largest absolute Gasteiger partial charge is 0.491 e. The van der Waals surface area contributed by atoms with Gasteiger partial charge in [0.2, 0.25) is 5.95 Å². The third-order valence-corrected chi connectivity index (χ3v) is 16.0. The minimum absolute atomic E-state index is 0.0473. The van der Waals surface area contributed by atoms with Gasteiger partial charge in [-0.3, -0.25) is 9.58 Å². The first kappa shape index (κ1) is 40.6. The Bertz CT molecular complexity index is 1710. The molecule has 2 aromatic rings. The van der Waals surface area contributed by atoms with Crippen molar-refractivity contribution in [3.05, 3.63) is 35.2 Å². The van der Waals surface area contributed by atoms with E-state index < -0.39 is 73.7 Å². The average molecular weight is 754 g/mol. The van der Waals surface area contributed by atoms with Crippen LogP contribution >= 0.6 is 0 Å². The molecule has 15 heteroatoms. The minimum Gasteiger partial charge on any atom is -0.491 e. The molecule has 0 unspecified atom stereocenters. The van der Waals surface area contributed by atoms with Gasteiger partial charge in [-0.15, -0.1) is 5.10 Å². The van der Waals surface area contributed by atoms with Crippen molar-refractivity contribution in [3.63, 3.8) is 0 Å². The number of nitrogens with zero attached hydrogens (tertiary/aromatic N) is 3. The molecule has 1 saturated carbocycles. The Balaban J connectivity index is 1.46. The number of amides is 1. The van der Waals surface area contributed by atoms with E-state index in [1.165, 1.54) is 15.6 Å². The molecule has 0 N–H and O–H groups in total. The first-order valence-corrected chi connectivity index (χ1v) is 21.0. The summed E-state index contributed by atoms with van der Waals surface area (Å²) in [7, 11) is -2.86. The molecule has 52 heavy (non-hydrogen) atoms. The van der Waals surface area contributed by atoms with Crippen LogP contribution in [0.15, 0.2) is 23.7 Å². The van der Waals surface area contributed by atoms with Crippen molar-refractivity contribution >= 4 is 32.4 Å². The number of aromatic nitrogens is 2. The van der Waals surface area contributed by atoms with E-state index in [0.29, 0.717) is 19.3 Å². The predicted octanol–water partition coefficient (Wildman–Crippen LogP) is 9.64. The standard InChI is InChI=1S/C37H56BF4N3O6Si/c1-22-15-23(38-49-34(8,9)35(10,11)50-38)16-24(44(22)31(46)48-32(2,3)4)21-47-26-17-27-29(28(18-26)37(40,41)42)45(43-30(27)39)25-19-36(12,20-25)51-52(13,14)33(5,6)7/h16-18,22,24-25H,15,19-21H2,1-14H3/t22-,24-,25?,36?/m0/s1. The number of carbonyl (C=O) groups is 1. The highest BCUT2D eigenvalue weighted by atomic mass is 28.4. The van der Waals surface area contributed by atoms with Gasteiger partial charge in [0.15, 0.2) is 8.32 Å². The maximum absolute atomic E-state index is 15.5. The Kier molecular flexibility index (Phi) is 10.1. The maximum Gasteiger partial charge on any atom is 0.490 e. The second kappa shape index (κ2) is 13.0. The highest BCUT2D eigenvalue weighted by Gasteiger charge is 2.54. The molecule has 3 heterocycles. The average Bonchev–Trinajstić information content (AvgIpc) is 3.37. The molecule has 2 aliphatic heterocycles. The van der Waals surface area contributed by atoms with Crippen LogP contribution in [-0.4, -0.2) is 77.3 Å². The molecule has 0 spiro atoms. The van der Waals surface area contributed by atoms with Crippen molar-refractivity contribution in [2.75, 3.05) is 6.61 Å². The molecular weight excluding hydrogens is 697 g/mol. The number of alkyl halides is 3. The Morgan fingerprint density at radius 2 is 1.60 bits per heavy atom. The fourth-order valence-corrected chi connectivity index (χ4v) is 8.71. The number of halogens is 4. The van der Waals surface area contributed by atoms with Crippen LogP contribution in [0, 0.1) is 5.95 Å². The number of ether oxygens (including phenoxy) is 2. The lowest BCUT2D eigenvalue weighted by atomic mass is 9.72. The number of hydrogen-bond acceptors (Lipinski definition) is 7. The number of fused-ring (bicyclic) bond motifs is 1. The smallest absolute Gasteiger partial charge is 0.490 e. The van der Waals surface area contributed by atoms with Gasteiger partial charge in [-0.1, -0.05) is 26.8 Å². The van der Waals surface area contributed by atoms with Gasteiger partial charge in [0, 0.05) is 6.04 Å². The summed E-state index contributed by atoms with van der Waals surface area (Å²) in [5, 5.41) is 3.65. The molecule has 1 saturated heterocycles. The van der Waals surface area contributed by atoms with Gasteiger partial charge in [0.05, 0.1) is 45.4 Å². The van der Waals surface area contributed by atoms with Gasteiger partial charge in [0.25, 0.3) is 0 Å². The zero-order valence-corrected chi connectivity index (χ0v) is 34.2. The Morgan fingerprint density at radius 3 is 2.12 bits per heavy atom. The molecule has 9 nitrogen and oxygen atoms in total. The monoisotopic (exact) mass is 753 g/mol. The van der Waals surface area contributed by atoms with Crippen LogP contribution in [0.25, 0.3) is 10.9 Å². The van der Waals surface area contributed by atoms with E-state index in [0.717, 1.165) is 11.5 Å². The van der Waals surface area contributed by atoms with E-state index >= 15 is 4.39 Å². The van der Waals surface area contributed by atoms with Crippen molar-refractivity contribution in [2.45, 2.75) is 167 Å². The van der Waals surface area contributed by atoms with E-state index in [1.807, 2.05) is 41.5 Å². The van der Waals surface area contributed by atoms with Gasteiger partial charge >= 0.3 is 19.4 Å². The van der Waals surface area contributed by atoms with Gasteiger partial charge in [-0.25, -0.2) is 4.79 Å². The molecule has 3 aliphatic rings. The van der Waals surface area contributed by atoms with Crippen LogP contribution in [0.1, 0.15) is 114 Å². The minimum atomic E-state index is -4.84. The maximum atomic E-state index is 15.5. The van der Waals surface area contributed by atoms with E-state index in [4.69, 9.17) is 23.2 Å². The van der Waals surface area contributed by atoms with Gasteiger partial charge in [0.1, 0.15) is 18.0 Å². The molecule has 1 aliphatic carbocycles. The van der Waals surface area contributed by atoms with Crippen molar-refractivity contribution in [1.29, 1.82) is 0 Å². The normalized spacial score (nSPS) is 26.7. The van der Waals surface area contributed by atoms with E-state index in [-0.39, 0.29) is 34.3 Å². The fourth-order valence-electron chi connectivity index (χ4n) is 7.01. The second-order valence-corrected chi connectivity index (χ2v) is 23.3. The zero-order chi connectivity index (χ0) is 39.2. The Hall–Kier alpha value is -2.62. The summed E-state index contributed by atoms with van der Waals surface area (Å²) in [5.74, 6) is -1.22. The molecule has 5 rings (SSSR count). The lowest BCUT2D eigenvalue weighted by Crippen LogP contribution is -2.54. The summed E-state index contributed by atoms with van der Waals surface area (Å²) in [6.45, 7) is 27.3. The summed E-state index contributed by atoms with van der Waals surface area (Å²) in [4.78, 5) is 15.0. The van der Waals surface area contributed by atoms with Gasteiger partial charge in [-0.05, 0) is 117 Å². The van der Waals surface area contributed by atoms with Crippen LogP contribution in [-0.2, 0) is 24.6 Å². The lowest BCUT2D eigenvalue weighted by molar-refractivity contribution is -0.136. The highest BCUT2D eigenvalue weighted by molar-refractivity contribution is 6.74. The Morgan fingerprint density at radius 1 is 1.02 bits per heavy atom. The molecule has 290 valence electrons. The summed E-state index contributed by atoms with van der Waals surface area (Å²) in [6, 6.07) is 0.502. The van der Waals surface area contributed by atoms with Crippen molar-refractivity contribution in [1.82, 2.24) is 14.7 Å². The number of benzene rings is 1. The molecule has 0 radical (unpaired) electrons. The Labute approximate surface area is 307 Å². The first-order valence-electron chi connectivity index (χ1n) is 18.1. The lowest BCUT2D eigenvalue weighted by Gasteiger charge is -2.51. The van der Waals surface area contributed by atoms with Crippen LogP contribution < -0.4 is 4.74 Å². The summed E-state index contributed by atoms with van der Waals surface area (Å²) >= 11 is 0. The number of carbonyl (C=O) groups excluding carboxylic acids is 1. The van der Waals surface area contributed by atoms with Crippen molar-refractivity contribution in [3.8, 4) is 5.75 Å². The molecule has 0 bridgehead atoms. The predicted molar refractivity (Wildman–Crippen MR) is 195 cm³/mol. The van der Waals surface area contributed by atoms with Crippen LogP contribution in [0.4, 0.5) is 22.4 Å². The molecule has 1 aromatic heterocycles. The second-order valence-electron chi connectivity index (χ2n) is 18.6. The highest BCUT2D eigenvalue weighted by Crippen LogP contribution is 2.51. The number of rotatable bonds is 7. The third kappa shape index (κ3) is 7.93. The van der Waals surface area contributed by atoms with Crippen molar-refractivity contribution in [2.24, 2.45) is 0 Å². The SMILES string of the molecule is C[C@H]1CC(B2OC(C)(C)C(C)(C)O2)=C[C@@H](COc2cc(C(F)(F)F)c3c(c2)c(F)nn3C2CC(C)(O[Si](C)(C)C(C)(C)C)C2)N1C(=O)OC(C)(C)C. The van der Waals surface area contributed by atoms with Gasteiger partial charge in [-0.2, -0.15) is 17.6 Å². The molecule has 2 fully saturated rings. The summed E-state index contributed by atoms with van der Waals surface area (Å²) < 4.78 is 91.9. The third-order valence-electron chi connectivity index (χ3n) is 11.4. The topological polar surface area (TPSA) is 84.3 Å². The van der Waals surface area contributed by atoms with E-state index in [9.17, 15) is 18.0 Å². The quantitative estimate of drug-likeness (QED) is 0.206. The van der Waals surface area contributed by atoms with Crippen LogP contribution in [0.2, 0.25) is 18.1 Å². The molecule has 1 amide bonds. The summed E-state index contributed by atoms with van der Waals surface area (Å²) in [6.07, 6.45) is -2.40. The molecule has 2 atom stereocenters. The molecular formula is C37H56BF4N3O6Si. The van der Waals surface area contributed by atoms with Crippen LogP contribution in [0.5, 0.6) is 5.75 Å². The van der Waals surface area contributed by atoms with Gasteiger partial charge < -0.3 is 23.2 Å². The van der Waals surface area contributed by atoms with E-state index in [1.54, 1.807) is 26.8 Å². The fraction of sp³-hybridized carbons (Fsp3) is 0.730. The zero-order valence-electron chi connectivity index (χ0n) is 33.2.